The van der Waals surface area contributed by atoms with E-state index in [9.17, 15) is 10.0 Å². The van der Waals surface area contributed by atoms with Crippen molar-refractivity contribution in [2.45, 2.75) is 47.0 Å². The number of rotatable bonds is 8. The predicted octanol–water partition coefficient (Wildman–Crippen LogP) is 5.27. The summed E-state index contributed by atoms with van der Waals surface area (Å²) >= 11 is 0. The van der Waals surface area contributed by atoms with Crippen LogP contribution in [-0.2, 0) is 6.42 Å². The van der Waals surface area contributed by atoms with Gasteiger partial charge in [-0.15, -0.1) is 0 Å². The lowest BCUT2D eigenvalue weighted by molar-refractivity contribution is -0.620. The lowest BCUT2D eigenvalue weighted by Gasteiger charge is -2.18. The fourth-order valence-electron chi connectivity index (χ4n) is 3.48. The van der Waals surface area contributed by atoms with E-state index in [0.29, 0.717) is 35.7 Å². The zero-order valence-electron chi connectivity index (χ0n) is 18.7. The molecule has 1 aromatic heterocycles. The Labute approximate surface area is 184 Å². The van der Waals surface area contributed by atoms with E-state index in [2.05, 4.69) is 12.2 Å². The quantitative estimate of drug-likeness (QED) is 0.308. The van der Waals surface area contributed by atoms with E-state index < -0.39 is 0 Å². The van der Waals surface area contributed by atoms with Gasteiger partial charge in [-0.25, -0.2) is 0 Å². The highest BCUT2D eigenvalue weighted by Crippen LogP contribution is 2.27. The van der Waals surface area contributed by atoms with Crippen LogP contribution in [0.5, 0.6) is 5.75 Å². The Balaban J connectivity index is 2.08. The molecule has 3 aromatic rings. The van der Waals surface area contributed by atoms with E-state index in [4.69, 9.17) is 4.74 Å². The van der Waals surface area contributed by atoms with Gasteiger partial charge in [0.2, 0.25) is 5.69 Å². The highest BCUT2D eigenvalue weighted by molar-refractivity contribution is 6.07. The number of nitrogens with zero attached hydrogens (tertiary/aromatic N) is 1. The highest BCUT2D eigenvalue weighted by atomic mass is 16.5. The van der Waals surface area contributed by atoms with E-state index in [1.807, 2.05) is 62.4 Å². The maximum Gasteiger partial charge on any atom is 0.265 e. The van der Waals surface area contributed by atoms with Crippen molar-refractivity contribution >= 4 is 11.6 Å². The van der Waals surface area contributed by atoms with Crippen molar-refractivity contribution < 1.29 is 14.3 Å². The van der Waals surface area contributed by atoms with Crippen LogP contribution in [0.15, 0.2) is 54.6 Å². The summed E-state index contributed by atoms with van der Waals surface area (Å²) < 4.78 is 6.84. The molecule has 31 heavy (non-hydrogen) atoms. The molecule has 0 atom stereocenters. The Morgan fingerprint density at radius 3 is 2.52 bits per heavy atom. The number of carbonyl (C=O) groups excluding carboxylic acids is 1. The number of hydrogen-bond donors (Lipinski definition) is 1. The Kier molecular flexibility index (Phi) is 7.29. The molecule has 0 spiro atoms. The van der Waals surface area contributed by atoms with Gasteiger partial charge in [0.15, 0.2) is 11.3 Å². The number of benzene rings is 2. The number of unbranched alkanes of at least 4 members (excludes halogenated alkanes) is 1. The lowest BCUT2D eigenvalue weighted by Crippen LogP contribution is -2.39. The number of aryl methyl sites for hydroxylation is 2. The van der Waals surface area contributed by atoms with Crippen LogP contribution in [-0.4, -0.2) is 12.5 Å². The number of anilines is 1. The van der Waals surface area contributed by atoms with Gasteiger partial charge in [0.05, 0.1) is 13.0 Å². The van der Waals surface area contributed by atoms with Crippen LogP contribution in [0.1, 0.15) is 58.2 Å². The van der Waals surface area contributed by atoms with Gasteiger partial charge in [-0.05, 0) is 43.0 Å². The second kappa shape index (κ2) is 10.1. The summed E-state index contributed by atoms with van der Waals surface area (Å²) in [5, 5.41) is 16.0. The van der Waals surface area contributed by atoms with E-state index in [-0.39, 0.29) is 5.91 Å². The summed E-state index contributed by atoms with van der Waals surface area (Å²) in [6.07, 6.45) is 2.19. The van der Waals surface area contributed by atoms with Crippen molar-refractivity contribution in [3.63, 3.8) is 0 Å². The van der Waals surface area contributed by atoms with E-state index in [1.165, 1.54) is 0 Å². The molecule has 0 radical (unpaired) electrons. The molecule has 0 fully saturated rings. The number of carbonyl (C=O) groups is 1. The number of pyridine rings is 1. The van der Waals surface area contributed by atoms with E-state index >= 15 is 0 Å². The minimum atomic E-state index is -0.337. The first-order chi connectivity index (χ1) is 14.9. The van der Waals surface area contributed by atoms with Crippen molar-refractivity contribution in [1.29, 1.82) is 0 Å². The normalized spacial score (nSPS) is 10.7. The van der Waals surface area contributed by atoms with Gasteiger partial charge >= 0.3 is 0 Å². The molecule has 1 amide bonds. The van der Waals surface area contributed by atoms with Crippen LogP contribution in [0.4, 0.5) is 5.69 Å². The predicted molar refractivity (Wildman–Crippen MR) is 124 cm³/mol. The molecule has 162 valence electrons. The van der Waals surface area contributed by atoms with Crippen LogP contribution in [0.3, 0.4) is 0 Å². The molecule has 1 N–H and O–H groups in total. The Morgan fingerprint density at radius 2 is 1.81 bits per heavy atom. The molecule has 5 nitrogen and oxygen atoms in total. The topological polar surface area (TPSA) is 65.3 Å². The van der Waals surface area contributed by atoms with E-state index in [1.54, 1.807) is 13.0 Å². The summed E-state index contributed by atoms with van der Waals surface area (Å²) in [5.41, 5.74) is 4.95. The van der Waals surface area contributed by atoms with Crippen LogP contribution >= 0.6 is 0 Å². The minimum Gasteiger partial charge on any atom is -0.618 e. The molecule has 0 aliphatic heterocycles. The summed E-state index contributed by atoms with van der Waals surface area (Å²) in [4.78, 5) is 13.5. The number of amides is 1. The van der Waals surface area contributed by atoms with Crippen molar-refractivity contribution in [2.75, 3.05) is 11.9 Å². The molecule has 2 aromatic carbocycles. The average molecular weight is 419 g/mol. The van der Waals surface area contributed by atoms with Crippen LogP contribution in [0.25, 0.3) is 0 Å². The maximum absolute atomic E-state index is 13.5. The zero-order valence-corrected chi connectivity index (χ0v) is 18.7. The molecular formula is C26H30N2O3. The molecule has 5 heteroatoms. The van der Waals surface area contributed by atoms with Gasteiger partial charge in [0.25, 0.3) is 5.91 Å². The van der Waals surface area contributed by atoms with Crippen LogP contribution in [0.2, 0.25) is 0 Å². The lowest BCUT2D eigenvalue weighted by atomic mass is 10.0. The van der Waals surface area contributed by atoms with Gasteiger partial charge in [-0.1, -0.05) is 55.8 Å². The average Bonchev–Trinajstić information content (AvgIpc) is 2.76. The highest BCUT2D eigenvalue weighted by Gasteiger charge is 2.27. The summed E-state index contributed by atoms with van der Waals surface area (Å²) in [6.45, 7) is 8.29. The van der Waals surface area contributed by atoms with Gasteiger partial charge in [-0.2, -0.15) is 4.73 Å². The third kappa shape index (κ3) is 5.23. The van der Waals surface area contributed by atoms with Gasteiger partial charge in [0, 0.05) is 18.7 Å². The van der Waals surface area contributed by atoms with Crippen molar-refractivity contribution in [3.8, 4) is 5.75 Å². The maximum atomic E-state index is 13.5. The molecule has 0 aliphatic carbocycles. The monoisotopic (exact) mass is 418 g/mol. The number of hydrogen-bond acceptors (Lipinski definition) is 3. The minimum absolute atomic E-state index is 0.293. The molecule has 0 saturated carbocycles. The first-order valence-corrected chi connectivity index (χ1v) is 10.7. The fraction of sp³-hybridized carbons (Fsp3) is 0.308. The Morgan fingerprint density at radius 1 is 1.06 bits per heavy atom. The van der Waals surface area contributed by atoms with Crippen molar-refractivity contribution in [1.82, 2.24) is 0 Å². The molecular weight excluding hydrogens is 388 g/mol. The summed E-state index contributed by atoms with van der Waals surface area (Å²) in [7, 11) is 0. The number of nitrogens with one attached hydrogen (secondary N) is 1. The third-order valence-electron chi connectivity index (χ3n) is 5.49. The Hall–Kier alpha value is -3.34. The number of ether oxygens (including phenoxy) is 1. The molecule has 0 saturated heterocycles. The largest absolute Gasteiger partial charge is 0.618 e. The van der Waals surface area contributed by atoms with Gasteiger partial charge in [0.1, 0.15) is 5.75 Å². The fourth-order valence-corrected chi connectivity index (χ4v) is 3.48. The molecule has 0 aliphatic rings. The molecule has 3 rings (SSSR count). The van der Waals surface area contributed by atoms with Crippen molar-refractivity contribution in [3.05, 3.63) is 93.4 Å². The Bertz CT molecular complexity index is 1060. The second-order valence-electron chi connectivity index (χ2n) is 7.83. The van der Waals surface area contributed by atoms with Gasteiger partial charge in [-0.3, -0.25) is 4.79 Å². The first kappa shape index (κ1) is 22.3. The third-order valence-corrected chi connectivity index (χ3v) is 5.49. The van der Waals surface area contributed by atoms with Crippen LogP contribution < -0.4 is 14.8 Å². The standard InChI is InChI=1S/C26H30N2O3/c1-5-6-15-31-24-16-19(3)28(30)23(17-21-12-8-7-9-13-21)25(24)26(29)27-22-14-10-11-18(2)20(22)4/h7-14,16H,5-6,15,17H2,1-4H3,(H,27,29). The zero-order chi connectivity index (χ0) is 22.4. The summed E-state index contributed by atoms with van der Waals surface area (Å²) in [6, 6.07) is 17.1. The van der Waals surface area contributed by atoms with Gasteiger partial charge < -0.3 is 15.3 Å². The SMILES string of the molecule is CCCCOc1cc(C)[n+]([O-])c(Cc2ccccc2)c1C(=O)Nc1cccc(C)c1C. The van der Waals surface area contributed by atoms with Crippen LogP contribution in [0, 0.1) is 26.0 Å². The summed E-state index contributed by atoms with van der Waals surface area (Å²) in [5.74, 6) is 0.113. The molecule has 0 bridgehead atoms. The molecule has 0 unspecified atom stereocenters. The number of aromatic nitrogens is 1. The first-order valence-electron chi connectivity index (χ1n) is 10.7. The van der Waals surface area contributed by atoms with Crippen molar-refractivity contribution in [2.24, 2.45) is 0 Å². The second-order valence-corrected chi connectivity index (χ2v) is 7.83. The van der Waals surface area contributed by atoms with E-state index in [0.717, 1.165) is 39.9 Å². The smallest absolute Gasteiger partial charge is 0.265 e. The molecule has 1 heterocycles.